The van der Waals surface area contributed by atoms with Crippen molar-refractivity contribution in [2.24, 2.45) is 0 Å². The maximum atomic E-state index is 13.0. The van der Waals surface area contributed by atoms with E-state index in [2.05, 4.69) is 0 Å². The number of methoxy groups -OCH3 is 1. The lowest BCUT2D eigenvalue weighted by Gasteiger charge is -2.40. The molecule has 0 unspecified atom stereocenters. The third-order valence-corrected chi connectivity index (χ3v) is 8.53. The first-order valence-corrected chi connectivity index (χ1v) is 14.1. The molecule has 0 aromatic heterocycles. The maximum Gasteiger partial charge on any atom is 0.297 e. The molecule has 2 heterocycles. The average molecular weight is 543 g/mol. The van der Waals surface area contributed by atoms with Crippen LogP contribution in [-0.2, 0) is 47.5 Å². The van der Waals surface area contributed by atoms with Crippen LogP contribution in [0.15, 0.2) is 58.3 Å². The Morgan fingerprint density at radius 2 is 1.31 bits per heavy atom. The average Bonchev–Trinajstić information content (AvgIpc) is 3.14. The lowest BCUT2D eigenvalue weighted by Crippen LogP contribution is -2.59. The fourth-order valence-electron chi connectivity index (χ4n) is 4.10. The summed E-state index contributed by atoms with van der Waals surface area (Å²) in [6.07, 6.45) is -5.23. The summed E-state index contributed by atoms with van der Waals surface area (Å²) < 4.78 is 85.5. The molecule has 0 N–H and O–H groups in total. The highest BCUT2D eigenvalue weighted by Crippen LogP contribution is 2.40. The summed E-state index contributed by atoms with van der Waals surface area (Å²) in [5, 5.41) is 0. The Kier molecular flexibility index (Phi) is 7.62. The van der Waals surface area contributed by atoms with Crippen LogP contribution in [-0.4, -0.2) is 67.0 Å². The van der Waals surface area contributed by atoms with E-state index >= 15 is 0 Å². The Balaban J connectivity index is 1.56. The summed E-state index contributed by atoms with van der Waals surface area (Å²) in [6, 6.07) is 12.4. The highest BCUT2D eigenvalue weighted by Gasteiger charge is 2.57. The number of rotatable bonds is 8. The predicted molar refractivity (Wildman–Crippen MR) is 127 cm³/mol. The number of hydrogen-bond acceptors (Lipinski definition) is 10. The molecule has 0 aliphatic carbocycles. The molecular formula is C24H30O10S2. The molecule has 2 fully saturated rings. The van der Waals surface area contributed by atoms with Crippen LogP contribution in [0.5, 0.6) is 0 Å². The molecule has 0 radical (unpaired) electrons. The topological polar surface area (TPSA) is 124 Å². The fourth-order valence-corrected chi connectivity index (χ4v) is 6.09. The highest BCUT2D eigenvalue weighted by molar-refractivity contribution is 7.87. The molecule has 2 aromatic carbocycles. The standard InChI is InChI=1S/C24H30O10S2/c1-15-6-10-17(11-7-15)35(25,26)30-14-19-20-21(33-24(3,4)32-20)22(23(29-5)31-19)34-36(27,28)18-12-8-16(2)9-13-18/h6-13,19-23H,14H2,1-5H3/t19-,20-,21-,22-,23+/m0/s1. The van der Waals surface area contributed by atoms with Gasteiger partial charge < -0.3 is 18.9 Å². The monoisotopic (exact) mass is 542 g/mol. The predicted octanol–water partition coefficient (Wildman–Crippen LogP) is 2.67. The first-order valence-electron chi connectivity index (χ1n) is 11.3. The minimum absolute atomic E-state index is 0.00178. The van der Waals surface area contributed by atoms with E-state index in [0.29, 0.717) is 0 Å². The van der Waals surface area contributed by atoms with Crippen molar-refractivity contribution >= 4 is 20.2 Å². The van der Waals surface area contributed by atoms with Crippen molar-refractivity contribution in [1.82, 2.24) is 0 Å². The largest absolute Gasteiger partial charge is 0.353 e. The quantitative estimate of drug-likeness (QED) is 0.460. The van der Waals surface area contributed by atoms with Gasteiger partial charge in [0.25, 0.3) is 20.2 Å². The number of hydrogen-bond donors (Lipinski definition) is 0. The normalized spacial score (nSPS) is 28.1. The second-order valence-electron chi connectivity index (χ2n) is 9.22. The van der Waals surface area contributed by atoms with Crippen molar-refractivity contribution in [2.75, 3.05) is 13.7 Å². The minimum Gasteiger partial charge on any atom is -0.353 e. The van der Waals surface area contributed by atoms with E-state index in [0.717, 1.165) is 11.1 Å². The van der Waals surface area contributed by atoms with E-state index in [-0.39, 0.29) is 9.79 Å². The fraction of sp³-hybridized carbons (Fsp3) is 0.500. The van der Waals surface area contributed by atoms with Crippen LogP contribution in [0.2, 0.25) is 0 Å². The van der Waals surface area contributed by atoms with Crippen LogP contribution >= 0.6 is 0 Å². The van der Waals surface area contributed by atoms with Gasteiger partial charge >= 0.3 is 0 Å². The number of aryl methyl sites for hydroxylation is 2. The van der Waals surface area contributed by atoms with Crippen LogP contribution in [0.3, 0.4) is 0 Å². The SMILES string of the molecule is CO[C@@H]1O[C@@H](COS(=O)(=O)c2ccc(C)cc2)[C@@H]2OC(C)(C)O[C@@H]2[C@@H]1OS(=O)(=O)c1ccc(C)cc1. The molecular weight excluding hydrogens is 512 g/mol. The van der Waals surface area contributed by atoms with Gasteiger partial charge in [-0.1, -0.05) is 35.4 Å². The Bertz CT molecular complexity index is 1270. The molecule has 4 rings (SSSR count). The van der Waals surface area contributed by atoms with E-state index in [1.807, 2.05) is 13.8 Å². The number of benzene rings is 2. The van der Waals surface area contributed by atoms with Gasteiger partial charge in [0, 0.05) is 7.11 Å². The van der Waals surface area contributed by atoms with Crippen molar-refractivity contribution in [1.29, 1.82) is 0 Å². The number of fused-ring (bicyclic) bond motifs is 1. The molecule has 2 aliphatic heterocycles. The summed E-state index contributed by atoms with van der Waals surface area (Å²) in [4.78, 5) is -0.0367. The molecule has 2 saturated heterocycles. The van der Waals surface area contributed by atoms with Gasteiger partial charge in [0.2, 0.25) is 0 Å². The van der Waals surface area contributed by atoms with Gasteiger partial charge in [-0.05, 0) is 52.0 Å². The summed E-state index contributed by atoms with van der Waals surface area (Å²) >= 11 is 0. The smallest absolute Gasteiger partial charge is 0.297 e. The molecule has 2 aliphatic rings. The third kappa shape index (κ3) is 5.81. The van der Waals surface area contributed by atoms with Crippen LogP contribution in [0.25, 0.3) is 0 Å². The van der Waals surface area contributed by atoms with Crippen LogP contribution < -0.4 is 0 Å². The Hall–Kier alpha value is -1.90. The molecule has 12 heteroatoms. The van der Waals surface area contributed by atoms with E-state index in [9.17, 15) is 16.8 Å². The summed E-state index contributed by atoms with van der Waals surface area (Å²) in [5.41, 5.74) is 1.79. The molecule has 2 aromatic rings. The Labute approximate surface area is 211 Å². The van der Waals surface area contributed by atoms with Crippen LogP contribution in [0, 0.1) is 13.8 Å². The second kappa shape index (κ2) is 10.1. The highest BCUT2D eigenvalue weighted by atomic mass is 32.2. The summed E-state index contributed by atoms with van der Waals surface area (Å²) in [6.45, 7) is 6.58. The Morgan fingerprint density at radius 1 is 0.806 bits per heavy atom. The minimum atomic E-state index is -4.21. The van der Waals surface area contributed by atoms with E-state index in [4.69, 9.17) is 27.3 Å². The zero-order chi connectivity index (χ0) is 26.3. The van der Waals surface area contributed by atoms with Crippen molar-refractivity contribution in [3.05, 3.63) is 59.7 Å². The molecule has 198 valence electrons. The van der Waals surface area contributed by atoms with Gasteiger partial charge in [-0.15, -0.1) is 0 Å². The van der Waals surface area contributed by atoms with Gasteiger partial charge in [-0.3, -0.25) is 8.37 Å². The molecule has 5 atom stereocenters. The molecule has 36 heavy (non-hydrogen) atoms. The molecule has 0 bridgehead atoms. The zero-order valence-electron chi connectivity index (χ0n) is 20.6. The molecule has 10 nitrogen and oxygen atoms in total. The van der Waals surface area contributed by atoms with Crippen molar-refractivity contribution in [3.8, 4) is 0 Å². The molecule has 0 spiro atoms. The molecule has 0 saturated carbocycles. The summed E-state index contributed by atoms with van der Waals surface area (Å²) in [7, 11) is -6.97. The van der Waals surface area contributed by atoms with E-state index < -0.39 is 63.3 Å². The van der Waals surface area contributed by atoms with Gasteiger partial charge in [0.1, 0.15) is 18.3 Å². The molecule has 0 amide bonds. The lowest BCUT2D eigenvalue weighted by molar-refractivity contribution is -0.266. The second-order valence-corrected chi connectivity index (χ2v) is 12.4. The van der Waals surface area contributed by atoms with Gasteiger partial charge in [-0.2, -0.15) is 16.8 Å². The van der Waals surface area contributed by atoms with Crippen molar-refractivity contribution in [3.63, 3.8) is 0 Å². The van der Waals surface area contributed by atoms with Gasteiger partial charge in [-0.25, -0.2) is 0 Å². The Morgan fingerprint density at radius 3 is 1.83 bits per heavy atom. The third-order valence-electron chi connectivity index (χ3n) is 5.91. The lowest BCUT2D eigenvalue weighted by atomic mass is 9.99. The van der Waals surface area contributed by atoms with Crippen molar-refractivity contribution < 1.29 is 44.1 Å². The first-order chi connectivity index (χ1) is 16.8. The number of ether oxygens (including phenoxy) is 4. The van der Waals surface area contributed by atoms with E-state index in [1.165, 1.54) is 31.4 Å². The summed E-state index contributed by atoms with van der Waals surface area (Å²) in [5.74, 6) is -1.12. The van der Waals surface area contributed by atoms with Crippen LogP contribution in [0.1, 0.15) is 25.0 Å². The maximum absolute atomic E-state index is 13.0. The van der Waals surface area contributed by atoms with Crippen LogP contribution in [0.4, 0.5) is 0 Å². The van der Waals surface area contributed by atoms with Gasteiger partial charge in [0.05, 0.1) is 16.4 Å². The first kappa shape index (κ1) is 27.1. The van der Waals surface area contributed by atoms with Crippen molar-refractivity contribution in [2.45, 2.75) is 74.0 Å². The van der Waals surface area contributed by atoms with Gasteiger partial charge in [0.15, 0.2) is 18.2 Å². The zero-order valence-corrected chi connectivity index (χ0v) is 22.2. The van der Waals surface area contributed by atoms with E-state index in [1.54, 1.807) is 38.1 Å².